The number of amides is 1. The van der Waals surface area contributed by atoms with Gasteiger partial charge in [-0.15, -0.1) is 0 Å². The van der Waals surface area contributed by atoms with E-state index < -0.39 is 0 Å². The normalized spacial score (nSPS) is 19.5. The SMILES string of the molecule is C=CC(=O)CC1CCOCC1Nc1ncc2cc(-c3c(Cl)c(OC)cc(OC)c3Cl)c(=O)n(CC3CCN(C(=O)/C=C/CNC)C3)c2n1. The number of nitrogens with zero attached hydrogens (tertiary/aromatic N) is 4. The first-order valence-electron chi connectivity index (χ1n) is 15.8. The summed E-state index contributed by atoms with van der Waals surface area (Å²) in [6, 6.07) is 3.01. The molecule has 4 heterocycles. The molecule has 256 valence electrons. The van der Waals surface area contributed by atoms with Crippen LogP contribution in [0.25, 0.3) is 22.2 Å². The number of hydrogen-bond donors (Lipinski definition) is 2. The van der Waals surface area contributed by atoms with Crippen LogP contribution in [0.1, 0.15) is 19.3 Å². The van der Waals surface area contributed by atoms with Crippen LogP contribution in [0, 0.1) is 11.8 Å². The number of likely N-dealkylation sites (N-methyl/N-ethyl adjacent to an activating group) is 1. The fourth-order valence-electron chi connectivity index (χ4n) is 6.22. The van der Waals surface area contributed by atoms with E-state index in [1.54, 1.807) is 39.9 Å². The minimum Gasteiger partial charge on any atom is -0.495 e. The Kier molecular flexibility index (Phi) is 11.7. The topological polar surface area (TPSA) is 137 Å². The Labute approximate surface area is 289 Å². The summed E-state index contributed by atoms with van der Waals surface area (Å²) < 4.78 is 18.2. The van der Waals surface area contributed by atoms with Crippen molar-refractivity contribution >= 4 is 51.9 Å². The molecule has 2 saturated heterocycles. The zero-order chi connectivity index (χ0) is 34.4. The predicted molar refractivity (Wildman–Crippen MR) is 186 cm³/mol. The molecule has 2 fully saturated rings. The van der Waals surface area contributed by atoms with E-state index in [-0.39, 0.29) is 62.8 Å². The van der Waals surface area contributed by atoms with Gasteiger partial charge in [0.2, 0.25) is 11.9 Å². The number of benzene rings is 1. The van der Waals surface area contributed by atoms with Crippen molar-refractivity contribution in [3.63, 3.8) is 0 Å². The lowest BCUT2D eigenvalue weighted by Gasteiger charge is -2.31. The summed E-state index contributed by atoms with van der Waals surface area (Å²) in [5.41, 5.74) is 0.519. The number of fused-ring (bicyclic) bond motifs is 1. The first kappa shape index (κ1) is 35.3. The summed E-state index contributed by atoms with van der Waals surface area (Å²) in [5, 5.41) is 7.23. The second-order valence-corrected chi connectivity index (χ2v) is 12.6. The van der Waals surface area contributed by atoms with Gasteiger partial charge in [0.25, 0.3) is 5.56 Å². The lowest BCUT2D eigenvalue weighted by molar-refractivity contribution is -0.125. The molecule has 0 bridgehead atoms. The summed E-state index contributed by atoms with van der Waals surface area (Å²) in [5.74, 6) is 0.754. The quantitative estimate of drug-likeness (QED) is 0.248. The van der Waals surface area contributed by atoms with E-state index in [0.717, 1.165) is 0 Å². The van der Waals surface area contributed by atoms with Gasteiger partial charge in [-0.3, -0.25) is 19.0 Å². The molecule has 2 N–H and O–H groups in total. The van der Waals surface area contributed by atoms with E-state index in [9.17, 15) is 14.4 Å². The zero-order valence-electron chi connectivity index (χ0n) is 27.3. The van der Waals surface area contributed by atoms with Gasteiger partial charge in [-0.25, -0.2) is 4.98 Å². The number of halogens is 2. The molecule has 0 aliphatic carbocycles. The number of anilines is 1. The molecule has 1 amide bonds. The van der Waals surface area contributed by atoms with Gasteiger partial charge in [0.1, 0.15) is 17.1 Å². The third kappa shape index (κ3) is 7.67. The number of carbonyl (C=O) groups is 2. The van der Waals surface area contributed by atoms with Crippen LogP contribution in [0.4, 0.5) is 5.95 Å². The zero-order valence-corrected chi connectivity index (χ0v) is 28.8. The van der Waals surface area contributed by atoms with Crippen LogP contribution in [0.5, 0.6) is 11.5 Å². The molecular weight excluding hydrogens is 659 g/mol. The molecule has 5 rings (SSSR count). The average molecular weight is 700 g/mol. The van der Waals surface area contributed by atoms with E-state index in [1.807, 2.05) is 7.05 Å². The number of ketones is 1. The minimum absolute atomic E-state index is 0.00427. The Balaban J connectivity index is 1.57. The van der Waals surface area contributed by atoms with Crippen LogP contribution < -0.4 is 25.7 Å². The van der Waals surface area contributed by atoms with E-state index in [4.69, 9.17) is 42.4 Å². The van der Waals surface area contributed by atoms with Gasteiger partial charge in [-0.2, -0.15) is 4.98 Å². The van der Waals surface area contributed by atoms with Crippen molar-refractivity contribution in [1.82, 2.24) is 24.8 Å². The highest BCUT2D eigenvalue weighted by Gasteiger charge is 2.30. The summed E-state index contributed by atoms with van der Waals surface area (Å²) in [4.78, 5) is 50.7. The summed E-state index contributed by atoms with van der Waals surface area (Å²) in [6.07, 6.45) is 8.05. The van der Waals surface area contributed by atoms with Gasteiger partial charge in [0.15, 0.2) is 5.78 Å². The Morgan fingerprint density at radius 2 is 1.92 bits per heavy atom. The Morgan fingerprint density at radius 3 is 2.60 bits per heavy atom. The molecule has 12 nitrogen and oxygen atoms in total. The number of carbonyl (C=O) groups excluding carboxylic acids is 2. The Morgan fingerprint density at radius 1 is 1.17 bits per heavy atom. The molecule has 14 heteroatoms. The van der Waals surface area contributed by atoms with Crippen molar-refractivity contribution in [3.8, 4) is 22.6 Å². The number of hydrogen-bond acceptors (Lipinski definition) is 10. The second-order valence-electron chi connectivity index (χ2n) is 11.9. The van der Waals surface area contributed by atoms with Crippen molar-refractivity contribution in [2.45, 2.75) is 31.8 Å². The third-order valence-corrected chi connectivity index (χ3v) is 9.55. The highest BCUT2D eigenvalue weighted by Crippen LogP contribution is 2.45. The summed E-state index contributed by atoms with van der Waals surface area (Å²) in [6.45, 7) is 6.45. The fraction of sp³-hybridized carbons (Fsp3) is 0.441. The maximum absolute atomic E-state index is 14.5. The van der Waals surface area contributed by atoms with Gasteiger partial charge < -0.3 is 29.7 Å². The van der Waals surface area contributed by atoms with Crippen LogP contribution in [-0.2, 0) is 20.9 Å². The van der Waals surface area contributed by atoms with Gasteiger partial charge in [-0.05, 0) is 43.9 Å². The van der Waals surface area contributed by atoms with Crippen LogP contribution in [0.3, 0.4) is 0 Å². The molecule has 3 aromatic rings. The van der Waals surface area contributed by atoms with Crippen molar-refractivity contribution < 1.29 is 23.8 Å². The molecule has 0 saturated carbocycles. The lowest BCUT2D eigenvalue weighted by atomic mass is 9.90. The highest BCUT2D eigenvalue weighted by atomic mass is 35.5. The molecule has 3 atom stereocenters. The molecule has 2 aromatic heterocycles. The number of aromatic nitrogens is 3. The second kappa shape index (κ2) is 16.0. The van der Waals surface area contributed by atoms with Crippen LogP contribution >= 0.6 is 23.2 Å². The third-order valence-electron chi connectivity index (χ3n) is 8.80. The molecule has 2 aliphatic rings. The number of allylic oxidation sites excluding steroid dienone is 1. The Bertz CT molecular complexity index is 1750. The van der Waals surface area contributed by atoms with Gasteiger partial charge >= 0.3 is 0 Å². The first-order chi connectivity index (χ1) is 23.2. The molecule has 3 unspecified atom stereocenters. The molecule has 0 radical (unpaired) electrons. The number of methoxy groups -OCH3 is 2. The maximum Gasteiger partial charge on any atom is 0.260 e. The molecule has 48 heavy (non-hydrogen) atoms. The fourth-order valence-corrected chi connectivity index (χ4v) is 6.92. The van der Waals surface area contributed by atoms with Gasteiger partial charge in [-0.1, -0.05) is 35.9 Å². The highest BCUT2D eigenvalue weighted by molar-refractivity contribution is 6.41. The van der Waals surface area contributed by atoms with Crippen LogP contribution in [-0.4, -0.2) is 91.3 Å². The number of likely N-dealkylation sites (tertiary alicyclic amines) is 1. The number of ether oxygens (including phenoxy) is 3. The van der Waals surface area contributed by atoms with E-state index >= 15 is 0 Å². The summed E-state index contributed by atoms with van der Waals surface area (Å²) in [7, 11) is 4.75. The van der Waals surface area contributed by atoms with Crippen molar-refractivity contribution in [2.75, 3.05) is 59.4 Å². The maximum atomic E-state index is 14.5. The van der Waals surface area contributed by atoms with E-state index in [2.05, 4.69) is 22.2 Å². The molecular formula is C34H40Cl2N6O6. The van der Waals surface area contributed by atoms with Crippen molar-refractivity contribution in [1.29, 1.82) is 0 Å². The van der Waals surface area contributed by atoms with Gasteiger partial charge in [0, 0.05) is 68.5 Å². The van der Waals surface area contributed by atoms with E-state index in [0.29, 0.717) is 80.6 Å². The monoisotopic (exact) mass is 698 g/mol. The minimum atomic E-state index is -0.375. The standard InChI is InChI=1S/C34H40Cl2N6O6/c1-5-23(43)13-21-9-12-48-19-25(21)39-34-38-16-22-14-24(29-30(35)26(46-3)15-27(47-4)31(29)36)33(45)42(32(22)40-34)18-20-8-11-41(17-20)28(44)7-6-10-37-2/h5-7,14-16,20-21,25,37H,1,8-13,17-19H2,2-4H3,(H,38,39,40)/b7-6+. The summed E-state index contributed by atoms with van der Waals surface area (Å²) >= 11 is 13.5. The smallest absolute Gasteiger partial charge is 0.260 e. The number of nitrogens with one attached hydrogen (secondary N) is 2. The number of pyridine rings is 1. The molecule has 0 spiro atoms. The lowest BCUT2D eigenvalue weighted by Crippen LogP contribution is -2.40. The largest absolute Gasteiger partial charge is 0.495 e. The van der Waals surface area contributed by atoms with Crippen molar-refractivity contribution in [3.05, 3.63) is 63.5 Å². The van der Waals surface area contributed by atoms with E-state index in [1.165, 1.54) is 20.3 Å². The van der Waals surface area contributed by atoms with Crippen LogP contribution in [0.2, 0.25) is 10.0 Å². The number of rotatable bonds is 13. The molecule has 1 aromatic carbocycles. The average Bonchev–Trinajstić information content (AvgIpc) is 3.56. The van der Waals surface area contributed by atoms with Gasteiger partial charge in [0.05, 0.1) is 42.5 Å². The van der Waals surface area contributed by atoms with Crippen molar-refractivity contribution in [2.24, 2.45) is 11.8 Å². The Hall–Kier alpha value is -3.97. The predicted octanol–water partition coefficient (Wildman–Crippen LogP) is 4.37. The molecule has 2 aliphatic heterocycles. The first-order valence-corrected chi connectivity index (χ1v) is 16.5. The van der Waals surface area contributed by atoms with Crippen LogP contribution in [0.15, 0.2) is 47.9 Å².